The molecule has 0 bridgehead atoms. The molecule has 70 valence electrons. The predicted molar refractivity (Wildman–Crippen MR) is 50.1 cm³/mol. The first-order valence-corrected chi connectivity index (χ1v) is 5.43. The van der Waals surface area contributed by atoms with E-state index in [2.05, 4.69) is 11.6 Å². The second-order valence-electron chi connectivity index (χ2n) is 2.61. The maximum atomic E-state index is 10.6. The van der Waals surface area contributed by atoms with Crippen LogP contribution < -0.4 is 0 Å². The minimum absolute atomic E-state index is 0.325. The smallest absolute Gasteiger partial charge is 0.324 e. The molecule has 0 saturated heterocycles. The molecule has 0 atom stereocenters. The van der Waals surface area contributed by atoms with E-state index in [9.17, 15) is 4.57 Å². The molecule has 0 aliphatic heterocycles. The van der Waals surface area contributed by atoms with Gasteiger partial charge in [-0.15, -0.1) is 0 Å². The summed E-state index contributed by atoms with van der Waals surface area (Å²) in [6, 6.07) is 3.32. The number of aromatic nitrogens is 1. The molecule has 0 spiro atoms. The van der Waals surface area contributed by atoms with Gasteiger partial charge < -0.3 is 9.79 Å². The van der Waals surface area contributed by atoms with E-state index in [1.165, 1.54) is 6.20 Å². The van der Waals surface area contributed by atoms with Crippen LogP contribution in [0.1, 0.15) is 11.3 Å². The first-order chi connectivity index (χ1) is 6.01. The van der Waals surface area contributed by atoms with Gasteiger partial charge in [-0.25, -0.2) is 0 Å². The van der Waals surface area contributed by atoms with Crippen molar-refractivity contribution < 1.29 is 14.4 Å². The van der Waals surface area contributed by atoms with Crippen molar-refractivity contribution in [2.24, 2.45) is 0 Å². The van der Waals surface area contributed by atoms with Crippen LogP contribution in [0.3, 0.4) is 0 Å². The van der Waals surface area contributed by atoms with Crippen LogP contribution in [0.2, 0.25) is 0 Å². The van der Waals surface area contributed by atoms with Gasteiger partial charge in [0.1, 0.15) is 0 Å². The maximum absolute atomic E-state index is 10.6. The zero-order valence-corrected chi connectivity index (χ0v) is 7.82. The topological polar surface area (TPSA) is 70.4 Å². The van der Waals surface area contributed by atoms with E-state index in [-0.39, 0.29) is 6.16 Å². The highest BCUT2D eigenvalue weighted by Gasteiger charge is 2.14. The molecule has 0 aliphatic rings. The Labute approximate surface area is 76.1 Å². The minimum atomic E-state index is -4.01. The highest BCUT2D eigenvalue weighted by atomic mass is 31.2. The molecular formula is C8H10NO3P. The van der Waals surface area contributed by atoms with E-state index in [1.54, 1.807) is 18.2 Å². The van der Waals surface area contributed by atoms with Crippen molar-refractivity contribution in [1.29, 1.82) is 0 Å². The van der Waals surface area contributed by atoms with Gasteiger partial charge in [-0.1, -0.05) is 12.7 Å². The monoisotopic (exact) mass is 199 g/mol. The van der Waals surface area contributed by atoms with Gasteiger partial charge in [0.15, 0.2) is 0 Å². The molecule has 2 N–H and O–H groups in total. The lowest BCUT2D eigenvalue weighted by atomic mass is 10.2. The number of hydrogen-bond acceptors (Lipinski definition) is 2. The molecule has 0 amide bonds. The third kappa shape index (κ3) is 3.51. The molecule has 5 heteroatoms. The Morgan fingerprint density at radius 2 is 2.31 bits per heavy atom. The maximum Gasteiger partial charge on any atom is 0.331 e. The predicted octanol–water partition coefficient (Wildman–Crippen LogP) is 1.40. The molecule has 4 nitrogen and oxygen atoms in total. The van der Waals surface area contributed by atoms with E-state index in [1.807, 2.05) is 0 Å². The van der Waals surface area contributed by atoms with Gasteiger partial charge in [-0.2, -0.15) is 0 Å². The average molecular weight is 199 g/mol. The number of rotatable bonds is 3. The fourth-order valence-electron chi connectivity index (χ4n) is 0.921. The summed E-state index contributed by atoms with van der Waals surface area (Å²) in [5, 5.41) is 0. The zero-order chi connectivity index (χ0) is 9.90. The fraction of sp³-hybridized carbons (Fsp3) is 0.125. The minimum Gasteiger partial charge on any atom is -0.324 e. The van der Waals surface area contributed by atoms with Crippen molar-refractivity contribution >= 4 is 13.7 Å². The molecule has 1 aromatic heterocycles. The van der Waals surface area contributed by atoms with Gasteiger partial charge in [0.2, 0.25) is 0 Å². The lowest BCUT2D eigenvalue weighted by molar-refractivity contribution is 0.371. The molecule has 0 saturated carbocycles. The van der Waals surface area contributed by atoms with E-state index >= 15 is 0 Å². The Morgan fingerprint density at radius 3 is 2.85 bits per heavy atom. The van der Waals surface area contributed by atoms with E-state index in [0.717, 1.165) is 5.56 Å². The Balaban J connectivity index is 2.90. The average Bonchev–Trinajstić information content (AvgIpc) is 2.01. The molecule has 13 heavy (non-hydrogen) atoms. The summed E-state index contributed by atoms with van der Waals surface area (Å²) in [5.41, 5.74) is 1.18. The third-order valence-electron chi connectivity index (χ3n) is 1.44. The van der Waals surface area contributed by atoms with Crippen LogP contribution in [0.25, 0.3) is 6.08 Å². The standard InChI is InChI=1S/C8H10NO3P/c1-2-7-3-4-9-8(5-7)6-13(10,11)12/h2-5H,1,6H2,(H2,10,11,12). The lowest BCUT2D eigenvalue weighted by Gasteiger charge is -2.03. The van der Waals surface area contributed by atoms with Gasteiger partial charge >= 0.3 is 7.60 Å². The summed E-state index contributed by atoms with van der Waals surface area (Å²) in [4.78, 5) is 21.2. The van der Waals surface area contributed by atoms with Gasteiger partial charge in [0.25, 0.3) is 0 Å². The van der Waals surface area contributed by atoms with Gasteiger partial charge in [-0.05, 0) is 17.7 Å². The van der Waals surface area contributed by atoms with Crippen molar-refractivity contribution in [3.8, 4) is 0 Å². The Morgan fingerprint density at radius 1 is 1.62 bits per heavy atom. The van der Waals surface area contributed by atoms with Crippen LogP contribution in [0.5, 0.6) is 0 Å². The molecule has 1 aromatic rings. The zero-order valence-electron chi connectivity index (χ0n) is 6.92. The van der Waals surface area contributed by atoms with Crippen molar-refractivity contribution in [1.82, 2.24) is 4.98 Å². The Kier molecular flexibility index (Phi) is 2.98. The van der Waals surface area contributed by atoms with E-state index in [0.29, 0.717) is 5.69 Å². The van der Waals surface area contributed by atoms with Crippen molar-refractivity contribution in [3.05, 3.63) is 36.2 Å². The summed E-state index contributed by atoms with van der Waals surface area (Å²) < 4.78 is 10.6. The highest BCUT2D eigenvalue weighted by molar-refractivity contribution is 7.50. The van der Waals surface area contributed by atoms with Crippen LogP contribution in [0.4, 0.5) is 0 Å². The second-order valence-corrected chi connectivity index (χ2v) is 4.25. The van der Waals surface area contributed by atoms with E-state index in [4.69, 9.17) is 9.79 Å². The quantitative estimate of drug-likeness (QED) is 0.722. The van der Waals surface area contributed by atoms with E-state index < -0.39 is 7.60 Å². The molecule has 0 aliphatic carbocycles. The summed E-state index contributed by atoms with van der Waals surface area (Å²) in [5.74, 6) is 0. The van der Waals surface area contributed by atoms with Gasteiger partial charge in [-0.3, -0.25) is 9.55 Å². The summed E-state index contributed by atoms with van der Waals surface area (Å²) >= 11 is 0. The molecular weight excluding hydrogens is 189 g/mol. The Bertz CT molecular complexity index is 358. The Hall–Kier alpha value is -0.960. The summed E-state index contributed by atoms with van der Waals surface area (Å²) in [6.45, 7) is 3.55. The lowest BCUT2D eigenvalue weighted by Crippen LogP contribution is -1.91. The molecule has 0 fully saturated rings. The van der Waals surface area contributed by atoms with Crippen molar-refractivity contribution in [2.45, 2.75) is 6.16 Å². The number of hydrogen-bond donors (Lipinski definition) is 2. The first-order valence-electron chi connectivity index (χ1n) is 3.63. The largest absolute Gasteiger partial charge is 0.331 e. The fourth-order valence-corrected chi connectivity index (χ4v) is 1.52. The van der Waals surface area contributed by atoms with Crippen LogP contribution in [-0.4, -0.2) is 14.8 Å². The SMILES string of the molecule is C=Cc1ccnc(CP(=O)(O)O)c1. The second kappa shape index (κ2) is 3.83. The summed E-state index contributed by atoms with van der Waals surface area (Å²) in [7, 11) is -4.01. The van der Waals surface area contributed by atoms with Crippen LogP contribution >= 0.6 is 7.60 Å². The molecule has 0 aromatic carbocycles. The van der Waals surface area contributed by atoms with Crippen molar-refractivity contribution in [3.63, 3.8) is 0 Å². The molecule has 0 radical (unpaired) electrons. The molecule has 0 unspecified atom stereocenters. The normalized spacial score (nSPS) is 11.2. The third-order valence-corrected chi connectivity index (χ3v) is 2.18. The van der Waals surface area contributed by atoms with Gasteiger partial charge in [0.05, 0.1) is 11.9 Å². The number of pyridine rings is 1. The highest BCUT2D eigenvalue weighted by Crippen LogP contribution is 2.38. The molecule has 1 heterocycles. The van der Waals surface area contributed by atoms with Crippen LogP contribution in [0, 0.1) is 0 Å². The summed E-state index contributed by atoms with van der Waals surface area (Å²) in [6.07, 6.45) is 2.78. The van der Waals surface area contributed by atoms with Crippen molar-refractivity contribution in [2.75, 3.05) is 0 Å². The van der Waals surface area contributed by atoms with Gasteiger partial charge in [0, 0.05) is 6.20 Å². The van der Waals surface area contributed by atoms with Crippen LogP contribution in [0.15, 0.2) is 24.9 Å². The molecule has 1 rings (SSSR count). The first kappa shape index (κ1) is 10.1. The number of nitrogens with zero attached hydrogens (tertiary/aromatic N) is 1. The van der Waals surface area contributed by atoms with Crippen LogP contribution in [-0.2, 0) is 10.7 Å².